The molecule has 1 aliphatic heterocycles. The number of hydrogen-bond donors (Lipinski definition) is 1. The van der Waals surface area contributed by atoms with Gasteiger partial charge < -0.3 is 19.8 Å². The predicted octanol–water partition coefficient (Wildman–Crippen LogP) is 2.76. The molecule has 5 nitrogen and oxygen atoms in total. The van der Waals surface area contributed by atoms with Crippen LogP contribution in [-0.4, -0.2) is 23.3 Å². The van der Waals surface area contributed by atoms with Gasteiger partial charge in [-0.25, -0.2) is 4.98 Å². The van der Waals surface area contributed by atoms with Gasteiger partial charge in [-0.1, -0.05) is 12.1 Å². The summed E-state index contributed by atoms with van der Waals surface area (Å²) in [6.07, 6.45) is 1.56. The van der Waals surface area contributed by atoms with Crippen molar-refractivity contribution < 1.29 is 14.0 Å². The third-order valence-corrected chi connectivity index (χ3v) is 4.39. The first-order valence-corrected chi connectivity index (χ1v) is 7.62. The van der Waals surface area contributed by atoms with Crippen LogP contribution in [0.15, 0.2) is 42.6 Å². The van der Waals surface area contributed by atoms with Gasteiger partial charge in [-0.3, -0.25) is 0 Å². The fourth-order valence-electron chi connectivity index (χ4n) is 2.25. The molecule has 2 N–H and O–H groups in total. The number of nitrogen functional groups attached to an aromatic ring is 1. The summed E-state index contributed by atoms with van der Waals surface area (Å²) in [4.78, 5) is 4.11. The number of pyridine rings is 1. The lowest BCUT2D eigenvalue weighted by atomic mass is 9.79. The minimum absolute atomic E-state index is 0.347. The van der Waals surface area contributed by atoms with Crippen molar-refractivity contribution in [3.63, 3.8) is 0 Å². The predicted molar refractivity (Wildman–Crippen MR) is 90.9 cm³/mol. The van der Waals surface area contributed by atoms with E-state index in [4.69, 9.17) is 19.8 Å². The molecule has 0 amide bonds. The molecule has 0 atom stereocenters. The minimum atomic E-state index is -0.372. The Balaban J connectivity index is 1.72. The second kappa shape index (κ2) is 5.55. The number of ether oxygens (including phenoxy) is 1. The maximum atomic E-state index is 6.03. The Kier molecular flexibility index (Phi) is 3.82. The molecule has 23 heavy (non-hydrogen) atoms. The highest BCUT2D eigenvalue weighted by Crippen LogP contribution is 2.36. The molecular formula is C17H21BN2O3. The van der Waals surface area contributed by atoms with Gasteiger partial charge >= 0.3 is 7.12 Å². The molecule has 0 aliphatic carbocycles. The number of benzene rings is 1. The summed E-state index contributed by atoms with van der Waals surface area (Å²) < 4.78 is 17.7. The van der Waals surface area contributed by atoms with Crippen LogP contribution in [0.25, 0.3) is 0 Å². The summed E-state index contributed by atoms with van der Waals surface area (Å²) in [5.41, 5.74) is 6.48. The first kappa shape index (κ1) is 15.8. The van der Waals surface area contributed by atoms with Crippen molar-refractivity contribution in [3.8, 4) is 11.6 Å². The molecule has 1 aliphatic rings. The van der Waals surface area contributed by atoms with Crippen LogP contribution < -0.4 is 15.9 Å². The van der Waals surface area contributed by atoms with Crippen molar-refractivity contribution in [2.75, 3.05) is 5.73 Å². The summed E-state index contributed by atoms with van der Waals surface area (Å²) in [5.74, 6) is 1.20. The molecule has 2 heterocycles. The van der Waals surface area contributed by atoms with E-state index in [1.165, 1.54) is 0 Å². The summed E-state index contributed by atoms with van der Waals surface area (Å²) in [6.45, 7) is 8.16. The first-order chi connectivity index (χ1) is 10.8. The van der Waals surface area contributed by atoms with Gasteiger partial charge in [-0.05, 0) is 51.4 Å². The topological polar surface area (TPSA) is 66.6 Å². The second-order valence-electron chi connectivity index (χ2n) is 6.69. The zero-order valence-electron chi connectivity index (χ0n) is 13.9. The van der Waals surface area contributed by atoms with E-state index in [-0.39, 0.29) is 18.3 Å². The van der Waals surface area contributed by atoms with Crippen molar-refractivity contribution in [2.24, 2.45) is 0 Å². The standard InChI is InChI=1S/C17H21BN2O3/c1-16(2)17(3,4)23-18(22-16)12-5-8-14(9-6-12)21-15-10-7-13(19)11-20-15/h5-11H,19H2,1-4H3. The maximum absolute atomic E-state index is 6.03. The monoisotopic (exact) mass is 312 g/mol. The molecule has 2 aromatic rings. The van der Waals surface area contributed by atoms with Crippen molar-refractivity contribution >= 4 is 18.3 Å². The molecule has 3 rings (SSSR count). The van der Waals surface area contributed by atoms with E-state index in [2.05, 4.69) is 4.98 Å². The lowest BCUT2D eigenvalue weighted by Gasteiger charge is -2.32. The van der Waals surface area contributed by atoms with Gasteiger partial charge in [0.05, 0.1) is 23.1 Å². The van der Waals surface area contributed by atoms with Crippen molar-refractivity contribution in [2.45, 2.75) is 38.9 Å². The van der Waals surface area contributed by atoms with Crippen molar-refractivity contribution in [3.05, 3.63) is 42.6 Å². The van der Waals surface area contributed by atoms with E-state index in [9.17, 15) is 0 Å². The molecule has 1 aromatic carbocycles. The van der Waals surface area contributed by atoms with Crippen LogP contribution in [0.5, 0.6) is 11.6 Å². The SMILES string of the molecule is CC1(C)OB(c2ccc(Oc3ccc(N)cn3)cc2)OC1(C)C. The molecule has 1 fully saturated rings. The zero-order valence-corrected chi connectivity index (χ0v) is 13.9. The van der Waals surface area contributed by atoms with Gasteiger partial charge in [0.15, 0.2) is 0 Å². The number of hydrogen-bond acceptors (Lipinski definition) is 5. The minimum Gasteiger partial charge on any atom is -0.439 e. The quantitative estimate of drug-likeness (QED) is 0.883. The smallest absolute Gasteiger partial charge is 0.439 e. The van der Waals surface area contributed by atoms with Crippen LogP contribution in [0, 0.1) is 0 Å². The molecule has 0 saturated carbocycles. The highest BCUT2D eigenvalue weighted by molar-refractivity contribution is 6.62. The van der Waals surface area contributed by atoms with E-state index in [0.717, 1.165) is 5.46 Å². The van der Waals surface area contributed by atoms with Gasteiger partial charge in [0, 0.05) is 6.07 Å². The Morgan fingerprint density at radius 3 is 2.09 bits per heavy atom. The maximum Gasteiger partial charge on any atom is 0.494 e. The number of rotatable bonds is 3. The van der Waals surface area contributed by atoms with Crippen molar-refractivity contribution in [1.82, 2.24) is 4.98 Å². The fraction of sp³-hybridized carbons (Fsp3) is 0.353. The van der Waals surface area contributed by atoms with E-state index in [1.54, 1.807) is 18.3 Å². The van der Waals surface area contributed by atoms with E-state index in [1.807, 2.05) is 52.0 Å². The van der Waals surface area contributed by atoms with Gasteiger partial charge in [0.25, 0.3) is 0 Å². The molecule has 6 heteroatoms. The van der Waals surface area contributed by atoms with Gasteiger partial charge in [0.1, 0.15) is 5.75 Å². The van der Waals surface area contributed by atoms with Crippen LogP contribution >= 0.6 is 0 Å². The molecule has 0 unspecified atom stereocenters. The Morgan fingerprint density at radius 1 is 0.957 bits per heavy atom. The highest BCUT2D eigenvalue weighted by atomic mass is 16.7. The molecule has 1 aromatic heterocycles. The number of nitrogens with two attached hydrogens (primary N) is 1. The number of nitrogens with zero attached hydrogens (tertiary/aromatic N) is 1. The Labute approximate surface area is 136 Å². The van der Waals surface area contributed by atoms with Gasteiger partial charge in [-0.15, -0.1) is 0 Å². The second-order valence-corrected chi connectivity index (χ2v) is 6.69. The van der Waals surface area contributed by atoms with Gasteiger partial charge in [0.2, 0.25) is 5.88 Å². The van der Waals surface area contributed by atoms with E-state index >= 15 is 0 Å². The van der Waals surface area contributed by atoms with Crippen LogP contribution in [0.3, 0.4) is 0 Å². The largest absolute Gasteiger partial charge is 0.494 e. The normalized spacial score (nSPS) is 18.9. The van der Waals surface area contributed by atoms with Crippen LogP contribution in [0.1, 0.15) is 27.7 Å². The summed E-state index contributed by atoms with van der Waals surface area (Å²) in [7, 11) is -0.372. The van der Waals surface area contributed by atoms with E-state index < -0.39 is 0 Å². The number of aromatic nitrogens is 1. The summed E-state index contributed by atoms with van der Waals surface area (Å²) in [5, 5.41) is 0. The molecule has 0 bridgehead atoms. The molecule has 120 valence electrons. The van der Waals surface area contributed by atoms with Crippen LogP contribution in [0.2, 0.25) is 0 Å². The zero-order chi connectivity index (χ0) is 16.7. The van der Waals surface area contributed by atoms with E-state index in [0.29, 0.717) is 17.3 Å². The molecule has 0 radical (unpaired) electrons. The lowest BCUT2D eigenvalue weighted by Crippen LogP contribution is -2.41. The molecular weight excluding hydrogens is 291 g/mol. The fourth-order valence-corrected chi connectivity index (χ4v) is 2.25. The van der Waals surface area contributed by atoms with Crippen LogP contribution in [-0.2, 0) is 9.31 Å². The van der Waals surface area contributed by atoms with Gasteiger partial charge in [-0.2, -0.15) is 0 Å². The Bertz CT molecular complexity index is 668. The van der Waals surface area contributed by atoms with Crippen molar-refractivity contribution in [1.29, 1.82) is 0 Å². The first-order valence-electron chi connectivity index (χ1n) is 7.62. The average molecular weight is 312 g/mol. The lowest BCUT2D eigenvalue weighted by molar-refractivity contribution is 0.00578. The van der Waals surface area contributed by atoms with Crippen LogP contribution in [0.4, 0.5) is 5.69 Å². The third-order valence-electron chi connectivity index (χ3n) is 4.39. The molecule has 0 spiro atoms. The summed E-state index contributed by atoms with van der Waals surface area (Å²) >= 11 is 0. The number of anilines is 1. The average Bonchev–Trinajstić information content (AvgIpc) is 2.71. The highest BCUT2D eigenvalue weighted by Gasteiger charge is 2.51. The Morgan fingerprint density at radius 2 is 1.57 bits per heavy atom. The third kappa shape index (κ3) is 3.18. The Hall–Kier alpha value is -2.05. The molecule has 1 saturated heterocycles. The summed E-state index contributed by atoms with van der Waals surface area (Å²) in [6, 6.07) is 11.1.